The molecule has 160 valence electrons. The number of amides is 1. The summed E-state index contributed by atoms with van der Waals surface area (Å²) in [5.41, 5.74) is 5.15. The lowest BCUT2D eigenvalue weighted by molar-refractivity contribution is 0.0955. The number of carbonyl (C=O) groups excluding carboxylic acids is 1. The molecule has 31 heavy (non-hydrogen) atoms. The molecule has 0 aliphatic heterocycles. The average Bonchev–Trinajstić information content (AvgIpc) is 2.76. The van der Waals surface area contributed by atoms with Crippen molar-refractivity contribution in [2.75, 3.05) is 7.05 Å². The van der Waals surface area contributed by atoms with Crippen LogP contribution in [0.3, 0.4) is 0 Å². The molecule has 0 radical (unpaired) electrons. The fourth-order valence-electron chi connectivity index (χ4n) is 2.77. The molecule has 0 aromatic heterocycles. The number of halogens is 1. The molecule has 0 bridgehead atoms. The van der Waals surface area contributed by atoms with E-state index in [2.05, 4.69) is 10.5 Å². The smallest absolute Gasteiger partial charge is 0.267 e. The Balaban J connectivity index is 1.60. The predicted molar refractivity (Wildman–Crippen MR) is 118 cm³/mol. The number of rotatable bonds is 7. The Kier molecular flexibility index (Phi) is 6.94. The Hall–Kier alpha value is -3.36. The first-order valence-electron chi connectivity index (χ1n) is 9.46. The number of nitrogens with one attached hydrogen (secondary N) is 1. The molecular weight excluding hydrogens is 417 g/mol. The summed E-state index contributed by atoms with van der Waals surface area (Å²) in [4.78, 5) is 12.4. The van der Waals surface area contributed by atoms with Crippen molar-refractivity contribution in [3.05, 3.63) is 101 Å². The highest BCUT2D eigenvalue weighted by molar-refractivity contribution is 7.89. The molecule has 0 saturated carbocycles. The van der Waals surface area contributed by atoms with E-state index in [0.717, 1.165) is 11.1 Å². The van der Waals surface area contributed by atoms with Gasteiger partial charge >= 0.3 is 0 Å². The van der Waals surface area contributed by atoms with Gasteiger partial charge in [0.25, 0.3) is 5.91 Å². The lowest BCUT2D eigenvalue weighted by Crippen LogP contribution is -2.26. The number of hydrogen-bond donors (Lipinski definition) is 1. The molecule has 0 heterocycles. The first-order chi connectivity index (χ1) is 14.8. The van der Waals surface area contributed by atoms with Gasteiger partial charge in [-0.3, -0.25) is 4.79 Å². The van der Waals surface area contributed by atoms with Crippen LogP contribution in [-0.2, 0) is 16.6 Å². The zero-order chi connectivity index (χ0) is 22.4. The monoisotopic (exact) mass is 439 g/mol. The lowest BCUT2D eigenvalue weighted by atomic mass is 10.1. The number of benzene rings is 3. The summed E-state index contributed by atoms with van der Waals surface area (Å²) < 4.78 is 39.6. The highest BCUT2D eigenvalue weighted by Crippen LogP contribution is 2.17. The van der Waals surface area contributed by atoms with Crippen molar-refractivity contribution in [2.45, 2.75) is 18.4 Å². The third kappa shape index (κ3) is 5.84. The number of nitrogens with zero attached hydrogens (tertiary/aromatic N) is 2. The van der Waals surface area contributed by atoms with Crippen LogP contribution < -0.4 is 5.43 Å². The molecule has 0 atom stereocenters. The number of hydrazone groups is 1. The normalized spacial score (nSPS) is 11.7. The zero-order valence-electron chi connectivity index (χ0n) is 17.1. The summed E-state index contributed by atoms with van der Waals surface area (Å²) in [6, 6.07) is 19.0. The maximum absolute atomic E-state index is 12.9. The summed E-state index contributed by atoms with van der Waals surface area (Å²) in [7, 11) is -2.10. The van der Waals surface area contributed by atoms with Crippen LogP contribution in [-0.4, -0.2) is 31.9 Å². The second-order valence-electron chi connectivity index (χ2n) is 7.02. The van der Waals surface area contributed by atoms with Crippen LogP contribution in [0.2, 0.25) is 0 Å². The summed E-state index contributed by atoms with van der Waals surface area (Å²) in [5, 5.41) is 3.86. The third-order valence-electron chi connectivity index (χ3n) is 4.60. The minimum atomic E-state index is -3.61. The largest absolute Gasteiger partial charge is 0.271 e. The molecule has 8 heteroatoms. The lowest BCUT2D eigenvalue weighted by Gasteiger charge is -2.17. The van der Waals surface area contributed by atoms with E-state index in [4.69, 9.17) is 0 Å². The van der Waals surface area contributed by atoms with Gasteiger partial charge < -0.3 is 0 Å². The summed E-state index contributed by atoms with van der Waals surface area (Å²) in [5.74, 6) is -0.760. The van der Waals surface area contributed by atoms with Crippen molar-refractivity contribution in [1.82, 2.24) is 9.73 Å². The van der Waals surface area contributed by atoms with Gasteiger partial charge in [0, 0.05) is 19.2 Å². The minimum Gasteiger partial charge on any atom is -0.267 e. The summed E-state index contributed by atoms with van der Waals surface area (Å²) in [6.07, 6.45) is 1.41. The molecule has 3 aromatic carbocycles. The molecule has 3 aromatic rings. The van der Waals surface area contributed by atoms with E-state index < -0.39 is 15.9 Å². The molecule has 1 amide bonds. The van der Waals surface area contributed by atoms with Crippen molar-refractivity contribution in [2.24, 2.45) is 5.10 Å². The van der Waals surface area contributed by atoms with Gasteiger partial charge in [0.2, 0.25) is 10.0 Å². The van der Waals surface area contributed by atoms with Gasteiger partial charge in [-0.25, -0.2) is 18.2 Å². The van der Waals surface area contributed by atoms with Crippen LogP contribution in [0.5, 0.6) is 0 Å². The average molecular weight is 440 g/mol. The van der Waals surface area contributed by atoms with Gasteiger partial charge in [-0.1, -0.05) is 42.0 Å². The fraction of sp³-hybridized carbons (Fsp3) is 0.130. The Morgan fingerprint density at radius 1 is 1.00 bits per heavy atom. The van der Waals surface area contributed by atoms with E-state index in [1.54, 1.807) is 60.7 Å². The van der Waals surface area contributed by atoms with E-state index in [0.29, 0.717) is 11.1 Å². The van der Waals surface area contributed by atoms with Crippen LogP contribution in [0.4, 0.5) is 4.39 Å². The molecule has 0 aliphatic carbocycles. The highest BCUT2D eigenvalue weighted by atomic mass is 32.2. The van der Waals surface area contributed by atoms with Crippen LogP contribution in [0, 0.1) is 12.7 Å². The predicted octanol–water partition coefficient (Wildman–Crippen LogP) is 3.72. The number of aryl methyl sites for hydroxylation is 1. The Labute approximate surface area is 181 Å². The molecule has 0 spiro atoms. The van der Waals surface area contributed by atoms with Crippen LogP contribution in [0.25, 0.3) is 0 Å². The van der Waals surface area contributed by atoms with Crippen molar-refractivity contribution >= 4 is 22.1 Å². The van der Waals surface area contributed by atoms with Gasteiger partial charge in [-0.05, 0) is 54.4 Å². The van der Waals surface area contributed by atoms with E-state index in [1.807, 2.05) is 6.92 Å². The number of hydrogen-bond acceptors (Lipinski definition) is 4. The van der Waals surface area contributed by atoms with Crippen LogP contribution >= 0.6 is 0 Å². The number of sulfonamides is 1. The van der Waals surface area contributed by atoms with Crippen LogP contribution in [0.1, 0.15) is 27.0 Å². The summed E-state index contributed by atoms with van der Waals surface area (Å²) >= 11 is 0. The molecule has 0 fully saturated rings. The van der Waals surface area contributed by atoms with Gasteiger partial charge in [0.05, 0.1) is 11.1 Å². The quantitative estimate of drug-likeness (QED) is 0.450. The molecule has 0 unspecified atom stereocenters. The zero-order valence-corrected chi connectivity index (χ0v) is 17.9. The van der Waals surface area contributed by atoms with Crippen LogP contribution in [0.15, 0.2) is 82.8 Å². The van der Waals surface area contributed by atoms with E-state index >= 15 is 0 Å². The van der Waals surface area contributed by atoms with Crippen molar-refractivity contribution in [3.8, 4) is 0 Å². The van der Waals surface area contributed by atoms with E-state index in [9.17, 15) is 17.6 Å². The second-order valence-corrected chi connectivity index (χ2v) is 9.07. The minimum absolute atomic E-state index is 0.167. The van der Waals surface area contributed by atoms with Gasteiger partial charge in [-0.2, -0.15) is 9.41 Å². The molecule has 0 saturated heterocycles. The standard InChI is InChI=1S/C23H22FN3O3S/c1-17-3-13-22(14-4-17)31(29,30)27(2)16-19-5-9-20(10-6-19)23(28)26-25-15-18-7-11-21(24)12-8-18/h3-15H,16H2,1-2H3,(H,26,28). The highest BCUT2D eigenvalue weighted by Gasteiger charge is 2.20. The molecule has 6 nitrogen and oxygen atoms in total. The Morgan fingerprint density at radius 2 is 1.61 bits per heavy atom. The maximum Gasteiger partial charge on any atom is 0.271 e. The third-order valence-corrected chi connectivity index (χ3v) is 6.42. The molecule has 0 aliphatic rings. The first kappa shape index (κ1) is 22.3. The fourth-order valence-corrected chi connectivity index (χ4v) is 3.93. The van der Waals surface area contributed by atoms with Gasteiger partial charge in [0.15, 0.2) is 0 Å². The van der Waals surface area contributed by atoms with E-state index in [1.165, 1.54) is 29.7 Å². The van der Waals surface area contributed by atoms with Crippen molar-refractivity contribution < 1.29 is 17.6 Å². The molecule has 3 rings (SSSR count). The van der Waals surface area contributed by atoms with Gasteiger partial charge in [0.1, 0.15) is 5.82 Å². The Bertz CT molecular complexity index is 1170. The Morgan fingerprint density at radius 3 is 2.23 bits per heavy atom. The maximum atomic E-state index is 12.9. The molecule has 1 N–H and O–H groups in total. The topological polar surface area (TPSA) is 78.8 Å². The van der Waals surface area contributed by atoms with Crippen molar-refractivity contribution in [3.63, 3.8) is 0 Å². The summed E-state index contributed by atoms with van der Waals surface area (Å²) in [6.45, 7) is 2.06. The first-order valence-corrected chi connectivity index (χ1v) is 10.9. The van der Waals surface area contributed by atoms with Crippen molar-refractivity contribution in [1.29, 1.82) is 0 Å². The van der Waals surface area contributed by atoms with E-state index in [-0.39, 0.29) is 17.3 Å². The number of carbonyl (C=O) groups is 1. The molecular formula is C23H22FN3O3S. The van der Waals surface area contributed by atoms with Gasteiger partial charge in [-0.15, -0.1) is 0 Å². The SMILES string of the molecule is Cc1ccc(S(=O)(=O)N(C)Cc2ccc(C(=O)NN=Cc3ccc(F)cc3)cc2)cc1. The second kappa shape index (κ2) is 9.63.